The Hall–Kier alpha value is -1.78. The van der Waals surface area contributed by atoms with Gasteiger partial charge >= 0.3 is 0 Å². The maximum atomic E-state index is 12.0. The Kier molecular flexibility index (Phi) is 4.24. The van der Waals surface area contributed by atoms with Gasteiger partial charge in [-0.15, -0.1) is 0 Å². The molecule has 1 amide bonds. The van der Waals surface area contributed by atoms with E-state index in [0.29, 0.717) is 27.2 Å². The van der Waals surface area contributed by atoms with E-state index in [2.05, 4.69) is 10.3 Å². The lowest BCUT2D eigenvalue weighted by Gasteiger charge is -2.08. The van der Waals surface area contributed by atoms with Crippen molar-refractivity contribution in [3.8, 4) is 5.88 Å². The predicted molar refractivity (Wildman–Crippen MR) is 75.2 cm³/mol. The third kappa shape index (κ3) is 3.36. The highest BCUT2D eigenvalue weighted by Crippen LogP contribution is 2.25. The summed E-state index contributed by atoms with van der Waals surface area (Å²) in [6.45, 7) is 0. The second kappa shape index (κ2) is 5.91. The van der Waals surface area contributed by atoms with Gasteiger partial charge in [0.2, 0.25) is 5.88 Å². The smallest absolute Gasteiger partial charge is 0.255 e. The standard InChI is InChI=1S/C13H10Cl2N2O2/c1-19-12-6-8(4-5-16-12)13(18)17-11-3-2-9(14)7-10(11)15/h2-7H,1H3,(H,17,18). The predicted octanol–water partition coefficient (Wildman–Crippen LogP) is 3.65. The fourth-order valence-corrected chi connectivity index (χ4v) is 1.90. The molecule has 0 saturated heterocycles. The van der Waals surface area contributed by atoms with Crippen molar-refractivity contribution in [2.45, 2.75) is 0 Å². The Morgan fingerprint density at radius 3 is 2.74 bits per heavy atom. The van der Waals surface area contributed by atoms with Crippen molar-refractivity contribution >= 4 is 34.8 Å². The second-order valence-corrected chi connectivity index (χ2v) is 4.51. The van der Waals surface area contributed by atoms with Crippen molar-refractivity contribution in [1.29, 1.82) is 0 Å². The molecule has 0 radical (unpaired) electrons. The molecule has 0 atom stereocenters. The van der Waals surface area contributed by atoms with Gasteiger partial charge in [-0.25, -0.2) is 4.98 Å². The van der Waals surface area contributed by atoms with E-state index in [-0.39, 0.29) is 5.91 Å². The van der Waals surface area contributed by atoms with Crippen LogP contribution >= 0.6 is 23.2 Å². The number of aromatic nitrogens is 1. The number of methoxy groups -OCH3 is 1. The Balaban J connectivity index is 2.20. The molecule has 0 aliphatic rings. The molecule has 1 aromatic heterocycles. The van der Waals surface area contributed by atoms with Crippen molar-refractivity contribution < 1.29 is 9.53 Å². The monoisotopic (exact) mass is 296 g/mol. The molecule has 1 N–H and O–H groups in total. The summed E-state index contributed by atoms with van der Waals surface area (Å²) in [5, 5.41) is 3.58. The molecule has 0 aliphatic carbocycles. The molecule has 98 valence electrons. The van der Waals surface area contributed by atoms with Gasteiger partial charge in [0.15, 0.2) is 0 Å². The first-order valence-electron chi connectivity index (χ1n) is 5.36. The lowest BCUT2D eigenvalue weighted by Crippen LogP contribution is -2.12. The van der Waals surface area contributed by atoms with Crippen LogP contribution in [0, 0.1) is 0 Å². The van der Waals surface area contributed by atoms with E-state index in [0.717, 1.165) is 0 Å². The zero-order chi connectivity index (χ0) is 13.8. The normalized spacial score (nSPS) is 10.1. The molecule has 0 saturated carbocycles. The van der Waals surface area contributed by atoms with Crippen LogP contribution in [0.25, 0.3) is 0 Å². The van der Waals surface area contributed by atoms with Crippen LogP contribution < -0.4 is 10.1 Å². The number of hydrogen-bond acceptors (Lipinski definition) is 3. The number of carbonyl (C=O) groups excluding carboxylic acids is 1. The molecule has 0 bridgehead atoms. The first-order valence-corrected chi connectivity index (χ1v) is 6.12. The summed E-state index contributed by atoms with van der Waals surface area (Å²) in [5.74, 6) is 0.0692. The first kappa shape index (κ1) is 13.6. The van der Waals surface area contributed by atoms with E-state index in [1.807, 2.05) is 0 Å². The largest absolute Gasteiger partial charge is 0.481 e. The van der Waals surface area contributed by atoms with Gasteiger partial charge in [-0.1, -0.05) is 23.2 Å². The number of pyridine rings is 1. The zero-order valence-electron chi connectivity index (χ0n) is 9.98. The molecule has 6 heteroatoms. The molecular formula is C13H10Cl2N2O2. The summed E-state index contributed by atoms with van der Waals surface area (Å²) in [7, 11) is 1.49. The highest BCUT2D eigenvalue weighted by atomic mass is 35.5. The molecule has 2 aromatic rings. The van der Waals surface area contributed by atoms with Crippen LogP contribution in [0.1, 0.15) is 10.4 Å². The maximum absolute atomic E-state index is 12.0. The number of halogens is 2. The Morgan fingerprint density at radius 2 is 2.05 bits per heavy atom. The highest BCUT2D eigenvalue weighted by molar-refractivity contribution is 6.36. The van der Waals surface area contributed by atoms with Gasteiger partial charge in [-0.2, -0.15) is 0 Å². The van der Waals surface area contributed by atoms with Gasteiger partial charge in [-0.3, -0.25) is 4.79 Å². The van der Waals surface area contributed by atoms with Crippen molar-refractivity contribution in [1.82, 2.24) is 4.98 Å². The van der Waals surface area contributed by atoms with E-state index in [1.165, 1.54) is 13.3 Å². The molecule has 4 nitrogen and oxygen atoms in total. The van der Waals surface area contributed by atoms with Crippen LogP contribution in [0.4, 0.5) is 5.69 Å². The number of hydrogen-bond donors (Lipinski definition) is 1. The summed E-state index contributed by atoms with van der Waals surface area (Å²) in [6.07, 6.45) is 1.50. The van der Waals surface area contributed by atoms with E-state index >= 15 is 0 Å². The van der Waals surface area contributed by atoms with Crippen molar-refractivity contribution in [2.75, 3.05) is 12.4 Å². The third-order valence-electron chi connectivity index (χ3n) is 2.39. The lowest BCUT2D eigenvalue weighted by atomic mass is 10.2. The summed E-state index contributed by atoms with van der Waals surface area (Å²) in [5.41, 5.74) is 0.921. The quantitative estimate of drug-likeness (QED) is 0.940. The number of amides is 1. The number of rotatable bonds is 3. The number of nitrogens with one attached hydrogen (secondary N) is 1. The Morgan fingerprint density at radius 1 is 1.26 bits per heavy atom. The number of ether oxygens (including phenoxy) is 1. The summed E-state index contributed by atoms with van der Waals surface area (Å²) < 4.78 is 4.96. The van der Waals surface area contributed by atoms with Crippen LogP contribution in [0.5, 0.6) is 5.88 Å². The summed E-state index contributed by atoms with van der Waals surface area (Å²) in [6, 6.07) is 7.98. The van der Waals surface area contributed by atoms with Crippen molar-refractivity contribution in [3.63, 3.8) is 0 Å². The fourth-order valence-electron chi connectivity index (χ4n) is 1.45. The molecule has 19 heavy (non-hydrogen) atoms. The van der Waals surface area contributed by atoms with Gasteiger partial charge in [0.1, 0.15) is 0 Å². The summed E-state index contributed by atoms with van der Waals surface area (Å²) in [4.78, 5) is 16.0. The van der Waals surface area contributed by atoms with Gasteiger partial charge in [0, 0.05) is 22.8 Å². The van der Waals surface area contributed by atoms with Crippen molar-refractivity contribution in [2.24, 2.45) is 0 Å². The van der Waals surface area contributed by atoms with Gasteiger partial charge in [-0.05, 0) is 24.3 Å². The maximum Gasteiger partial charge on any atom is 0.255 e. The van der Waals surface area contributed by atoms with Gasteiger partial charge < -0.3 is 10.1 Å². The third-order valence-corrected chi connectivity index (χ3v) is 2.93. The zero-order valence-corrected chi connectivity index (χ0v) is 11.5. The molecule has 1 aromatic carbocycles. The lowest BCUT2D eigenvalue weighted by molar-refractivity contribution is 0.102. The molecule has 2 rings (SSSR count). The molecule has 0 fully saturated rings. The van der Waals surface area contributed by atoms with E-state index in [1.54, 1.807) is 30.3 Å². The topological polar surface area (TPSA) is 51.2 Å². The van der Waals surface area contributed by atoms with Gasteiger partial charge in [0.05, 0.1) is 17.8 Å². The van der Waals surface area contributed by atoms with Crippen LogP contribution in [0.2, 0.25) is 10.0 Å². The molecule has 0 spiro atoms. The summed E-state index contributed by atoms with van der Waals surface area (Å²) >= 11 is 11.8. The number of carbonyl (C=O) groups is 1. The Labute approximate surface area is 120 Å². The minimum absolute atomic E-state index is 0.301. The van der Waals surface area contributed by atoms with E-state index < -0.39 is 0 Å². The minimum Gasteiger partial charge on any atom is -0.481 e. The average molecular weight is 297 g/mol. The van der Waals surface area contributed by atoms with Crippen LogP contribution in [-0.2, 0) is 0 Å². The highest BCUT2D eigenvalue weighted by Gasteiger charge is 2.10. The van der Waals surface area contributed by atoms with Crippen LogP contribution in [0.3, 0.4) is 0 Å². The van der Waals surface area contributed by atoms with Crippen LogP contribution in [0.15, 0.2) is 36.5 Å². The van der Waals surface area contributed by atoms with Crippen molar-refractivity contribution in [3.05, 3.63) is 52.1 Å². The van der Waals surface area contributed by atoms with E-state index in [4.69, 9.17) is 27.9 Å². The van der Waals surface area contributed by atoms with Gasteiger partial charge in [0.25, 0.3) is 5.91 Å². The first-order chi connectivity index (χ1) is 9.10. The number of nitrogens with zero attached hydrogens (tertiary/aromatic N) is 1. The molecule has 0 unspecified atom stereocenters. The fraction of sp³-hybridized carbons (Fsp3) is 0.0769. The molecule has 1 heterocycles. The number of anilines is 1. The molecule has 0 aliphatic heterocycles. The van der Waals surface area contributed by atoms with Crippen LogP contribution in [-0.4, -0.2) is 18.0 Å². The second-order valence-electron chi connectivity index (χ2n) is 3.67. The minimum atomic E-state index is -0.301. The Bertz CT molecular complexity index is 617. The SMILES string of the molecule is COc1cc(C(=O)Nc2ccc(Cl)cc2Cl)ccn1. The molecular weight excluding hydrogens is 287 g/mol. The van der Waals surface area contributed by atoms with E-state index in [9.17, 15) is 4.79 Å². The number of benzene rings is 1. The average Bonchev–Trinajstić information content (AvgIpc) is 2.42.